The fraction of sp³-hybridized carbons (Fsp3) is 0.450. The van der Waals surface area contributed by atoms with Gasteiger partial charge in [0, 0.05) is 17.3 Å². The van der Waals surface area contributed by atoms with Crippen molar-refractivity contribution in [1.29, 1.82) is 0 Å². The molecule has 0 aliphatic carbocycles. The molecule has 28 heavy (non-hydrogen) atoms. The molecule has 1 heterocycles. The molecule has 0 saturated carbocycles. The minimum Gasteiger partial charge on any atom is -0.347 e. The second-order valence-corrected chi connectivity index (χ2v) is 9.40. The van der Waals surface area contributed by atoms with Gasteiger partial charge < -0.3 is 16.0 Å². The van der Waals surface area contributed by atoms with Crippen LogP contribution in [0.25, 0.3) is 10.1 Å². The van der Waals surface area contributed by atoms with Gasteiger partial charge in [-0.05, 0) is 45.5 Å². The predicted molar refractivity (Wildman–Crippen MR) is 123 cm³/mol. The summed E-state index contributed by atoms with van der Waals surface area (Å²) in [4.78, 5) is 25.0. The first-order valence-corrected chi connectivity index (χ1v) is 10.9. The van der Waals surface area contributed by atoms with Gasteiger partial charge >= 0.3 is 0 Å². The van der Waals surface area contributed by atoms with Crippen molar-refractivity contribution in [3.8, 4) is 0 Å². The molecule has 0 aliphatic heterocycles. The number of amides is 2. The fourth-order valence-corrected chi connectivity index (χ4v) is 4.30. The molecule has 1 aromatic carbocycles. The third kappa shape index (κ3) is 6.15. The predicted octanol–water partition coefficient (Wildman–Crippen LogP) is 5.48. The maximum atomic E-state index is 12.6. The normalized spacial score (nSPS) is 11.3. The van der Waals surface area contributed by atoms with Gasteiger partial charge in [0.1, 0.15) is 4.88 Å². The topological polar surface area (TPSA) is 70.2 Å². The van der Waals surface area contributed by atoms with E-state index in [0.717, 1.165) is 29.3 Å². The monoisotopic (exact) mass is 439 g/mol. The number of thiophene rings is 1. The average Bonchev–Trinajstić information content (AvgIpc) is 2.92. The van der Waals surface area contributed by atoms with Crippen LogP contribution in [0.5, 0.6) is 0 Å². The summed E-state index contributed by atoms with van der Waals surface area (Å²) in [5.74, 6) is -0.316. The highest BCUT2D eigenvalue weighted by molar-refractivity contribution is 7.80. The van der Waals surface area contributed by atoms with E-state index in [0.29, 0.717) is 22.0 Å². The Hall–Kier alpha value is -1.70. The summed E-state index contributed by atoms with van der Waals surface area (Å²) in [6.45, 7) is 7.84. The molecule has 0 spiro atoms. The number of carbonyl (C=O) groups is 2. The molecule has 0 saturated heterocycles. The third-order valence-corrected chi connectivity index (χ3v) is 5.80. The molecule has 0 aliphatic rings. The highest BCUT2D eigenvalue weighted by atomic mass is 35.5. The number of rotatable bonds is 6. The van der Waals surface area contributed by atoms with Crippen LogP contribution < -0.4 is 16.0 Å². The van der Waals surface area contributed by atoms with Crippen LogP contribution in [0, 0.1) is 0 Å². The Kier molecular flexibility index (Phi) is 7.80. The van der Waals surface area contributed by atoms with Gasteiger partial charge in [0.15, 0.2) is 5.11 Å². The molecule has 0 bridgehead atoms. The van der Waals surface area contributed by atoms with Gasteiger partial charge in [-0.15, -0.1) is 11.3 Å². The summed E-state index contributed by atoms with van der Waals surface area (Å²) in [6.07, 6.45) is 3.36. The molecule has 3 N–H and O–H groups in total. The van der Waals surface area contributed by atoms with Crippen molar-refractivity contribution < 1.29 is 9.59 Å². The number of hydrogen-bond acceptors (Lipinski definition) is 4. The second-order valence-electron chi connectivity index (χ2n) is 7.59. The van der Waals surface area contributed by atoms with Gasteiger partial charge in [0.05, 0.1) is 15.4 Å². The molecular formula is C20H26ClN3O2S2. The van der Waals surface area contributed by atoms with Crippen molar-refractivity contribution in [2.24, 2.45) is 0 Å². The highest BCUT2D eigenvalue weighted by Crippen LogP contribution is 2.39. The smallest absolute Gasteiger partial charge is 0.263 e. The maximum Gasteiger partial charge on any atom is 0.263 e. The van der Waals surface area contributed by atoms with E-state index in [2.05, 4.69) is 22.9 Å². The molecule has 8 heteroatoms. The Morgan fingerprint density at radius 2 is 1.93 bits per heavy atom. The molecule has 1 aromatic heterocycles. The highest BCUT2D eigenvalue weighted by Gasteiger charge is 2.22. The van der Waals surface area contributed by atoms with Crippen molar-refractivity contribution in [3.05, 3.63) is 28.1 Å². The summed E-state index contributed by atoms with van der Waals surface area (Å²) < 4.78 is 0.814. The number of halogens is 1. The lowest BCUT2D eigenvalue weighted by atomic mass is 10.1. The standard InChI is InChI=1S/C20H26ClN3O2S2/c1-5-6-7-11-14(25)23-19(27)22-13-10-8-9-12-15(21)17(28-16(12)13)18(26)24-20(2,3)4/h8-10H,5-7,11H2,1-4H3,(H,24,26)(H2,22,23,25,27). The Balaban J connectivity index is 2.18. The molecular weight excluding hydrogens is 414 g/mol. The number of carbonyl (C=O) groups excluding carboxylic acids is 2. The largest absolute Gasteiger partial charge is 0.347 e. The van der Waals surface area contributed by atoms with E-state index >= 15 is 0 Å². The molecule has 2 amide bonds. The first kappa shape index (κ1) is 22.6. The van der Waals surface area contributed by atoms with Crippen LogP contribution in [0.2, 0.25) is 5.02 Å². The molecule has 0 radical (unpaired) electrons. The third-order valence-electron chi connectivity index (χ3n) is 3.86. The molecule has 0 fully saturated rings. The van der Waals surface area contributed by atoms with E-state index in [9.17, 15) is 9.59 Å². The fourth-order valence-electron chi connectivity index (χ4n) is 2.61. The van der Waals surface area contributed by atoms with Crippen LogP contribution in [0.1, 0.15) is 63.0 Å². The molecule has 2 rings (SSSR count). The molecule has 152 valence electrons. The quantitative estimate of drug-likeness (QED) is 0.412. The average molecular weight is 440 g/mol. The number of anilines is 1. The minimum atomic E-state index is -0.360. The summed E-state index contributed by atoms with van der Waals surface area (Å²) in [7, 11) is 0. The molecule has 2 aromatic rings. The van der Waals surface area contributed by atoms with Crippen LogP contribution in [0.15, 0.2) is 18.2 Å². The summed E-state index contributed by atoms with van der Waals surface area (Å²) in [5.41, 5.74) is 0.347. The van der Waals surface area contributed by atoms with Gasteiger partial charge in [-0.1, -0.05) is 43.5 Å². The van der Waals surface area contributed by atoms with E-state index in [4.69, 9.17) is 23.8 Å². The van der Waals surface area contributed by atoms with Crippen molar-refractivity contribution >= 4 is 67.9 Å². The van der Waals surface area contributed by atoms with Crippen molar-refractivity contribution in [2.75, 3.05) is 5.32 Å². The van der Waals surface area contributed by atoms with Gasteiger partial charge in [-0.2, -0.15) is 0 Å². The zero-order valence-corrected chi connectivity index (χ0v) is 19.0. The molecule has 5 nitrogen and oxygen atoms in total. The van der Waals surface area contributed by atoms with Crippen molar-refractivity contribution in [2.45, 2.75) is 58.9 Å². The molecule has 0 atom stereocenters. The van der Waals surface area contributed by atoms with E-state index in [-0.39, 0.29) is 22.5 Å². The van der Waals surface area contributed by atoms with Crippen LogP contribution in [0.4, 0.5) is 5.69 Å². The summed E-state index contributed by atoms with van der Waals surface area (Å²) in [6, 6.07) is 5.54. The number of fused-ring (bicyclic) bond motifs is 1. The maximum absolute atomic E-state index is 12.6. The van der Waals surface area contributed by atoms with Crippen LogP contribution in [-0.2, 0) is 4.79 Å². The molecule has 0 unspecified atom stereocenters. The number of thiocarbonyl (C=S) groups is 1. The lowest BCUT2D eigenvalue weighted by Gasteiger charge is -2.19. The van der Waals surface area contributed by atoms with Crippen LogP contribution in [0.3, 0.4) is 0 Å². The Morgan fingerprint density at radius 3 is 2.57 bits per heavy atom. The Bertz CT molecular complexity index is 887. The second kappa shape index (κ2) is 9.67. The van der Waals surface area contributed by atoms with Crippen LogP contribution >= 0.6 is 35.2 Å². The number of nitrogens with one attached hydrogen (secondary N) is 3. The van der Waals surface area contributed by atoms with Gasteiger partial charge in [0.25, 0.3) is 5.91 Å². The summed E-state index contributed by atoms with van der Waals surface area (Å²) >= 11 is 13.0. The van der Waals surface area contributed by atoms with Gasteiger partial charge in [-0.25, -0.2) is 0 Å². The number of benzene rings is 1. The lowest BCUT2D eigenvalue weighted by molar-refractivity contribution is -0.119. The van der Waals surface area contributed by atoms with Gasteiger partial charge in [0.2, 0.25) is 5.91 Å². The van der Waals surface area contributed by atoms with Gasteiger partial charge in [-0.3, -0.25) is 9.59 Å². The van der Waals surface area contributed by atoms with Crippen molar-refractivity contribution in [3.63, 3.8) is 0 Å². The summed E-state index contributed by atoms with van der Waals surface area (Å²) in [5, 5.41) is 10.1. The minimum absolute atomic E-state index is 0.104. The van der Waals surface area contributed by atoms with E-state index in [1.54, 1.807) is 0 Å². The van der Waals surface area contributed by atoms with E-state index < -0.39 is 0 Å². The SMILES string of the molecule is CCCCCC(=O)NC(=S)Nc1cccc2c(Cl)c(C(=O)NC(C)(C)C)sc12. The van der Waals surface area contributed by atoms with E-state index in [1.807, 2.05) is 39.0 Å². The lowest BCUT2D eigenvalue weighted by Crippen LogP contribution is -2.40. The Labute approximate surface area is 180 Å². The van der Waals surface area contributed by atoms with E-state index in [1.165, 1.54) is 11.3 Å². The zero-order valence-electron chi connectivity index (χ0n) is 16.6. The van der Waals surface area contributed by atoms with Crippen LogP contribution in [-0.4, -0.2) is 22.5 Å². The first-order valence-electron chi connectivity index (χ1n) is 9.26. The number of unbranched alkanes of at least 4 members (excludes halogenated alkanes) is 2. The Morgan fingerprint density at radius 1 is 1.21 bits per heavy atom. The van der Waals surface area contributed by atoms with Crippen molar-refractivity contribution in [1.82, 2.24) is 10.6 Å². The number of hydrogen-bond donors (Lipinski definition) is 3. The zero-order chi connectivity index (χ0) is 20.9. The first-order chi connectivity index (χ1) is 13.1.